The number of nitriles is 1. The molecule has 0 saturated heterocycles. The number of carboxylic acid groups (broad SMARTS) is 1. The van der Waals surface area contributed by atoms with Crippen LogP contribution in [-0.4, -0.2) is 24.5 Å². The first kappa shape index (κ1) is 11.8. The summed E-state index contributed by atoms with van der Waals surface area (Å²) in [6.07, 6.45) is 2.35. The van der Waals surface area contributed by atoms with Crippen molar-refractivity contribution < 1.29 is 24.1 Å². The van der Waals surface area contributed by atoms with Crippen LogP contribution in [0.2, 0.25) is 0 Å². The van der Waals surface area contributed by atoms with Gasteiger partial charge in [0.2, 0.25) is 6.79 Å². The van der Waals surface area contributed by atoms with Crippen LogP contribution in [0.4, 0.5) is 0 Å². The van der Waals surface area contributed by atoms with Gasteiger partial charge in [0.15, 0.2) is 18.1 Å². The Bertz CT molecular complexity index is 544. The number of carbonyl (C=O) groups is 1. The molecular formula is C12H9NO5. The first-order valence-electron chi connectivity index (χ1n) is 5.05. The topological polar surface area (TPSA) is 88.8 Å². The Morgan fingerprint density at radius 1 is 1.50 bits per heavy atom. The van der Waals surface area contributed by atoms with Gasteiger partial charge in [-0.3, -0.25) is 0 Å². The molecule has 1 aliphatic heterocycles. The van der Waals surface area contributed by atoms with Gasteiger partial charge in [-0.2, -0.15) is 5.26 Å². The zero-order valence-electron chi connectivity index (χ0n) is 9.25. The van der Waals surface area contributed by atoms with E-state index in [4.69, 9.17) is 24.6 Å². The Morgan fingerprint density at radius 2 is 2.22 bits per heavy atom. The van der Waals surface area contributed by atoms with Crippen LogP contribution in [0.3, 0.4) is 0 Å². The maximum Gasteiger partial charge on any atom is 0.328 e. The van der Waals surface area contributed by atoms with Gasteiger partial charge in [-0.25, -0.2) is 4.79 Å². The fourth-order valence-corrected chi connectivity index (χ4v) is 1.47. The van der Waals surface area contributed by atoms with Gasteiger partial charge < -0.3 is 19.3 Å². The molecule has 1 heterocycles. The summed E-state index contributed by atoms with van der Waals surface area (Å²) < 4.78 is 15.6. The maximum atomic E-state index is 10.5. The molecule has 2 rings (SSSR count). The number of rotatable bonds is 4. The molecule has 0 spiro atoms. The minimum atomic E-state index is -1.07. The van der Waals surface area contributed by atoms with E-state index < -0.39 is 5.97 Å². The van der Waals surface area contributed by atoms with Crippen LogP contribution < -0.4 is 14.2 Å². The lowest BCUT2D eigenvalue weighted by molar-refractivity contribution is -0.131. The summed E-state index contributed by atoms with van der Waals surface area (Å²) in [7, 11) is 0. The van der Waals surface area contributed by atoms with E-state index >= 15 is 0 Å². The highest BCUT2D eigenvalue weighted by atomic mass is 16.7. The van der Waals surface area contributed by atoms with E-state index in [1.165, 1.54) is 6.08 Å². The predicted octanol–water partition coefficient (Wildman–Crippen LogP) is 1.42. The third-order valence-corrected chi connectivity index (χ3v) is 2.20. The van der Waals surface area contributed by atoms with Gasteiger partial charge in [0.05, 0.1) is 0 Å². The second-order valence-corrected chi connectivity index (χ2v) is 3.36. The molecule has 1 N–H and O–H groups in total. The average molecular weight is 247 g/mol. The van der Waals surface area contributed by atoms with Crippen molar-refractivity contribution in [3.63, 3.8) is 0 Å². The lowest BCUT2D eigenvalue weighted by Gasteiger charge is -2.07. The number of carboxylic acids is 1. The van der Waals surface area contributed by atoms with Gasteiger partial charge in [-0.05, 0) is 12.1 Å². The summed E-state index contributed by atoms with van der Waals surface area (Å²) in [6.45, 7) is -0.0212. The molecule has 6 heteroatoms. The van der Waals surface area contributed by atoms with E-state index in [2.05, 4.69) is 0 Å². The van der Waals surface area contributed by atoms with E-state index in [-0.39, 0.29) is 13.4 Å². The normalized spacial score (nSPS) is 12.4. The minimum absolute atomic E-state index is 0.110. The van der Waals surface area contributed by atoms with Crippen molar-refractivity contribution in [1.29, 1.82) is 5.26 Å². The molecule has 0 aromatic heterocycles. The van der Waals surface area contributed by atoms with E-state index in [1.807, 2.05) is 6.07 Å². The van der Waals surface area contributed by atoms with E-state index in [9.17, 15) is 4.79 Å². The molecular weight excluding hydrogens is 238 g/mol. The molecule has 1 aromatic carbocycles. The highest BCUT2D eigenvalue weighted by Gasteiger charge is 2.17. The lowest BCUT2D eigenvalue weighted by Crippen LogP contribution is -1.96. The summed E-state index contributed by atoms with van der Waals surface area (Å²) in [5, 5.41) is 17.1. The highest BCUT2D eigenvalue weighted by Crippen LogP contribution is 2.38. The van der Waals surface area contributed by atoms with Gasteiger partial charge in [0.25, 0.3) is 0 Å². The molecule has 92 valence electrons. The van der Waals surface area contributed by atoms with Crippen molar-refractivity contribution in [2.24, 2.45) is 0 Å². The quantitative estimate of drug-likeness (QED) is 0.809. The molecule has 0 saturated carbocycles. The van der Waals surface area contributed by atoms with Crippen LogP contribution in [0.25, 0.3) is 6.08 Å². The fraction of sp³-hybridized carbons (Fsp3) is 0.167. The van der Waals surface area contributed by atoms with Gasteiger partial charge in [0, 0.05) is 17.7 Å². The van der Waals surface area contributed by atoms with Crippen LogP contribution in [0, 0.1) is 11.3 Å². The molecule has 1 aliphatic rings. The van der Waals surface area contributed by atoms with Gasteiger partial charge >= 0.3 is 5.97 Å². The number of aliphatic carboxylic acids is 1. The maximum absolute atomic E-state index is 10.5. The minimum Gasteiger partial charge on any atom is -0.478 e. The largest absolute Gasteiger partial charge is 0.478 e. The smallest absolute Gasteiger partial charge is 0.328 e. The molecule has 1 aromatic rings. The first-order valence-corrected chi connectivity index (χ1v) is 5.05. The Kier molecular flexibility index (Phi) is 3.34. The van der Waals surface area contributed by atoms with Crippen LogP contribution >= 0.6 is 0 Å². The summed E-state index contributed by atoms with van der Waals surface area (Å²) >= 11 is 0. The Hall–Kier alpha value is -2.68. The molecule has 0 atom stereocenters. The number of benzene rings is 1. The van der Waals surface area contributed by atoms with Crippen LogP contribution in [0.1, 0.15) is 5.56 Å². The Labute approximate surface area is 103 Å². The molecule has 6 nitrogen and oxygen atoms in total. The fourth-order valence-electron chi connectivity index (χ4n) is 1.47. The van der Waals surface area contributed by atoms with Crippen molar-refractivity contribution in [1.82, 2.24) is 0 Å². The number of fused-ring (bicyclic) bond motifs is 1. The predicted molar refractivity (Wildman–Crippen MR) is 60.3 cm³/mol. The molecule has 0 amide bonds. The molecule has 0 unspecified atom stereocenters. The van der Waals surface area contributed by atoms with Crippen LogP contribution in [-0.2, 0) is 4.79 Å². The molecule has 0 aliphatic carbocycles. The van der Waals surface area contributed by atoms with Crippen LogP contribution in [0.5, 0.6) is 17.2 Å². The summed E-state index contributed by atoms with van der Waals surface area (Å²) in [5.74, 6) is 0.331. The first-order chi connectivity index (χ1) is 8.70. The van der Waals surface area contributed by atoms with Gasteiger partial charge in [-0.1, -0.05) is 0 Å². The second-order valence-electron chi connectivity index (χ2n) is 3.36. The standard InChI is InChI=1S/C12H9NO5/c13-3-4-16-9-6-11-10(17-7-18-11)5-8(9)1-2-12(14)15/h1-2,5-6H,4,7H2,(H,14,15). The summed E-state index contributed by atoms with van der Waals surface area (Å²) in [6, 6.07) is 5.02. The van der Waals surface area contributed by atoms with Crippen molar-refractivity contribution in [3.05, 3.63) is 23.8 Å². The van der Waals surface area contributed by atoms with E-state index in [0.29, 0.717) is 22.8 Å². The summed E-state index contributed by atoms with van der Waals surface area (Å²) in [4.78, 5) is 10.5. The van der Waals surface area contributed by atoms with Gasteiger partial charge in [0.1, 0.15) is 11.8 Å². The van der Waals surface area contributed by atoms with Crippen molar-refractivity contribution >= 4 is 12.0 Å². The van der Waals surface area contributed by atoms with E-state index in [1.54, 1.807) is 12.1 Å². The third-order valence-electron chi connectivity index (χ3n) is 2.20. The Morgan fingerprint density at radius 3 is 2.89 bits per heavy atom. The van der Waals surface area contributed by atoms with Crippen LogP contribution in [0.15, 0.2) is 18.2 Å². The van der Waals surface area contributed by atoms with Crippen molar-refractivity contribution in [2.45, 2.75) is 0 Å². The zero-order chi connectivity index (χ0) is 13.0. The average Bonchev–Trinajstić information content (AvgIpc) is 2.79. The van der Waals surface area contributed by atoms with Gasteiger partial charge in [-0.15, -0.1) is 0 Å². The molecule has 18 heavy (non-hydrogen) atoms. The number of hydrogen-bond donors (Lipinski definition) is 1. The van der Waals surface area contributed by atoms with Crippen molar-refractivity contribution in [3.8, 4) is 23.3 Å². The highest BCUT2D eigenvalue weighted by molar-refractivity contribution is 5.86. The van der Waals surface area contributed by atoms with E-state index in [0.717, 1.165) is 6.08 Å². The number of ether oxygens (including phenoxy) is 3. The lowest BCUT2D eigenvalue weighted by atomic mass is 10.1. The SMILES string of the molecule is N#CCOc1cc2c(cc1C=CC(=O)O)OCO2. The molecule has 0 fully saturated rings. The molecule has 0 bridgehead atoms. The zero-order valence-corrected chi connectivity index (χ0v) is 9.25. The monoisotopic (exact) mass is 247 g/mol. The Balaban J connectivity index is 2.35. The van der Waals surface area contributed by atoms with Crippen molar-refractivity contribution in [2.75, 3.05) is 13.4 Å². The number of nitrogens with zero attached hydrogens (tertiary/aromatic N) is 1. The second kappa shape index (κ2) is 5.10. The number of hydrogen-bond acceptors (Lipinski definition) is 5. The summed E-state index contributed by atoms with van der Waals surface area (Å²) in [5.41, 5.74) is 0.511. The molecule has 0 radical (unpaired) electrons. The third kappa shape index (κ3) is 2.52.